The first-order valence-electron chi connectivity index (χ1n) is 8.60. The second-order valence-corrected chi connectivity index (χ2v) is 7.70. The minimum Gasteiger partial charge on any atom is -0.386 e. The SMILES string of the molecule is O=C(c1cnc2sccn2c1=O)N1CCn2nc(C(O)C3CC3)cc2C1. The number of rotatable bonds is 3. The molecule has 1 amide bonds. The van der Waals surface area contributed by atoms with Crippen molar-refractivity contribution in [2.75, 3.05) is 6.54 Å². The maximum absolute atomic E-state index is 12.9. The number of aliphatic hydroxyl groups excluding tert-OH is 1. The Balaban J connectivity index is 1.42. The van der Waals surface area contributed by atoms with Crippen molar-refractivity contribution in [2.45, 2.75) is 32.0 Å². The molecular formula is C17H17N5O3S. The standard InChI is InChI=1S/C17H17N5O3S/c23-14(10-1-2-10)13-7-11-9-20(3-4-22(11)19-13)15(24)12-8-18-17-21(16(12)25)5-6-26-17/h5-8,10,14,23H,1-4,9H2. The molecule has 1 aliphatic heterocycles. The number of thiazole rings is 1. The number of aromatic nitrogens is 4. The van der Waals surface area contributed by atoms with Crippen LogP contribution >= 0.6 is 11.3 Å². The summed E-state index contributed by atoms with van der Waals surface area (Å²) in [5.41, 5.74) is 1.29. The fraction of sp³-hybridized carbons (Fsp3) is 0.412. The first kappa shape index (κ1) is 15.7. The molecule has 1 saturated carbocycles. The van der Waals surface area contributed by atoms with Gasteiger partial charge >= 0.3 is 0 Å². The molecule has 4 heterocycles. The molecule has 9 heteroatoms. The van der Waals surface area contributed by atoms with Gasteiger partial charge < -0.3 is 10.0 Å². The summed E-state index contributed by atoms with van der Waals surface area (Å²) in [6, 6.07) is 1.87. The molecule has 3 aromatic rings. The molecule has 2 aliphatic rings. The molecule has 1 N–H and O–H groups in total. The van der Waals surface area contributed by atoms with Crippen LogP contribution in [-0.4, -0.2) is 41.6 Å². The van der Waals surface area contributed by atoms with Crippen molar-refractivity contribution in [2.24, 2.45) is 5.92 Å². The second kappa shape index (κ2) is 5.75. The molecule has 1 fully saturated rings. The van der Waals surface area contributed by atoms with Crippen molar-refractivity contribution < 1.29 is 9.90 Å². The number of amides is 1. The highest BCUT2D eigenvalue weighted by molar-refractivity contribution is 7.15. The van der Waals surface area contributed by atoms with Crippen molar-refractivity contribution in [3.05, 3.63) is 51.1 Å². The van der Waals surface area contributed by atoms with Gasteiger partial charge in [-0.15, -0.1) is 11.3 Å². The molecule has 8 nitrogen and oxygen atoms in total. The van der Waals surface area contributed by atoms with Gasteiger partial charge in [-0.25, -0.2) is 4.98 Å². The van der Waals surface area contributed by atoms with Crippen molar-refractivity contribution in [1.29, 1.82) is 0 Å². The van der Waals surface area contributed by atoms with E-state index in [1.165, 1.54) is 21.9 Å². The third-order valence-corrected chi connectivity index (χ3v) is 5.82. The van der Waals surface area contributed by atoms with Crippen LogP contribution in [0, 0.1) is 5.92 Å². The predicted molar refractivity (Wildman–Crippen MR) is 94.0 cm³/mol. The summed E-state index contributed by atoms with van der Waals surface area (Å²) in [4.78, 5) is 31.8. The molecule has 5 rings (SSSR count). The van der Waals surface area contributed by atoms with Gasteiger partial charge in [0.05, 0.1) is 24.5 Å². The van der Waals surface area contributed by atoms with E-state index in [4.69, 9.17) is 0 Å². The summed E-state index contributed by atoms with van der Waals surface area (Å²) in [7, 11) is 0. The average molecular weight is 371 g/mol. The van der Waals surface area contributed by atoms with Crippen molar-refractivity contribution in [3.8, 4) is 0 Å². The van der Waals surface area contributed by atoms with Crippen molar-refractivity contribution >= 4 is 22.2 Å². The number of nitrogens with zero attached hydrogens (tertiary/aromatic N) is 5. The summed E-state index contributed by atoms with van der Waals surface area (Å²) in [5, 5.41) is 16.5. The average Bonchev–Trinajstić information content (AvgIpc) is 3.22. The van der Waals surface area contributed by atoms with Crippen LogP contribution in [-0.2, 0) is 13.1 Å². The lowest BCUT2D eigenvalue weighted by Crippen LogP contribution is -2.40. The molecule has 0 saturated heterocycles. The molecule has 1 atom stereocenters. The summed E-state index contributed by atoms with van der Waals surface area (Å²) in [5.74, 6) is -0.00649. The third-order valence-electron chi connectivity index (χ3n) is 5.05. The molecule has 1 unspecified atom stereocenters. The van der Waals surface area contributed by atoms with E-state index in [1.54, 1.807) is 16.5 Å². The minimum absolute atomic E-state index is 0.0760. The maximum atomic E-state index is 12.9. The zero-order valence-corrected chi connectivity index (χ0v) is 14.7. The highest BCUT2D eigenvalue weighted by atomic mass is 32.1. The summed E-state index contributed by atoms with van der Waals surface area (Å²) < 4.78 is 3.24. The Hall–Kier alpha value is -2.52. The van der Waals surface area contributed by atoms with Gasteiger partial charge in [-0.1, -0.05) is 0 Å². The normalized spacial score (nSPS) is 18.1. The van der Waals surface area contributed by atoms with Crippen LogP contribution in [0.3, 0.4) is 0 Å². The third kappa shape index (κ3) is 2.46. The van der Waals surface area contributed by atoms with Gasteiger partial charge in [0.15, 0.2) is 4.96 Å². The maximum Gasteiger partial charge on any atom is 0.271 e. The largest absolute Gasteiger partial charge is 0.386 e. The Morgan fingerprint density at radius 3 is 3.00 bits per heavy atom. The van der Waals surface area contributed by atoms with Crippen LogP contribution < -0.4 is 5.56 Å². The van der Waals surface area contributed by atoms with Gasteiger partial charge in [-0.2, -0.15) is 5.10 Å². The van der Waals surface area contributed by atoms with Crippen LogP contribution in [0.25, 0.3) is 4.96 Å². The van der Waals surface area contributed by atoms with Crippen LogP contribution in [0.15, 0.2) is 28.6 Å². The lowest BCUT2D eigenvalue weighted by molar-refractivity contribution is 0.0703. The lowest BCUT2D eigenvalue weighted by Gasteiger charge is -2.27. The van der Waals surface area contributed by atoms with E-state index in [0.717, 1.165) is 18.5 Å². The van der Waals surface area contributed by atoms with Crippen molar-refractivity contribution in [3.63, 3.8) is 0 Å². The highest BCUT2D eigenvalue weighted by Crippen LogP contribution is 2.40. The molecule has 1 aliphatic carbocycles. The number of hydrogen-bond acceptors (Lipinski definition) is 6. The number of carbonyl (C=O) groups is 1. The lowest BCUT2D eigenvalue weighted by atomic mass is 10.1. The molecular weight excluding hydrogens is 354 g/mol. The van der Waals surface area contributed by atoms with E-state index >= 15 is 0 Å². The zero-order valence-electron chi connectivity index (χ0n) is 13.9. The van der Waals surface area contributed by atoms with Crippen LogP contribution in [0.2, 0.25) is 0 Å². The number of aliphatic hydroxyl groups is 1. The van der Waals surface area contributed by atoms with Gasteiger partial charge in [0, 0.05) is 24.3 Å². The van der Waals surface area contributed by atoms with E-state index in [1.807, 2.05) is 10.7 Å². The monoisotopic (exact) mass is 371 g/mol. The Labute approximate surface area is 152 Å². The molecule has 0 radical (unpaired) electrons. The van der Waals surface area contributed by atoms with E-state index in [2.05, 4.69) is 10.1 Å². The molecule has 0 bridgehead atoms. The Bertz CT molecular complexity index is 1060. The van der Waals surface area contributed by atoms with Gasteiger partial charge in [-0.05, 0) is 24.8 Å². The number of hydrogen-bond donors (Lipinski definition) is 1. The molecule has 26 heavy (non-hydrogen) atoms. The molecule has 0 aromatic carbocycles. The highest BCUT2D eigenvalue weighted by Gasteiger charge is 2.34. The van der Waals surface area contributed by atoms with Crippen molar-refractivity contribution in [1.82, 2.24) is 24.1 Å². The second-order valence-electron chi connectivity index (χ2n) is 6.83. The number of carbonyl (C=O) groups excluding carboxylic acids is 1. The smallest absolute Gasteiger partial charge is 0.271 e. The van der Waals surface area contributed by atoms with Gasteiger partial charge in [0.2, 0.25) is 0 Å². The Morgan fingerprint density at radius 2 is 2.19 bits per heavy atom. The van der Waals surface area contributed by atoms with Crippen LogP contribution in [0.1, 0.15) is 40.7 Å². The van der Waals surface area contributed by atoms with E-state index in [-0.39, 0.29) is 17.0 Å². The first-order chi connectivity index (χ1) is 12.6. The fourth-order valence-corrected chi connectivity index (χ4v) is 4.08. The summed E-state index contributed by atoms with van der Waals surface area (Å²) >= 11 is 1.35. The van der Waals surface area contributed by atoms with Crippen LogP contribution in [0.5, 0.6) is 0 Å². The quantitative estimate of drug-likeness (QED) is 0.743. The minimum atomic E-state index is -0.521. The fourth-order valence-electron chi connectivity index (χ4n) is 3.40. The molecule has 134 valence electrons. The number of fused-ring (bicyclic) bond motifs is 2. The van der Waals surface area contributed by atoms with E-state index < -0.39 is 6.10 Å². The van der Waals surface area contributed by atoms with Gasteiger partial charge in [-0.3, -0.25) is 18.7 Å². The topological polar surface area (TPSA) is 92.7 Å². The molecule has 3 aromatic heterocycles. The summed E-state index contributed by atoms with van der Waals surface area (Å²) in [6.45, 7) is 1.39. The Kier molecular flexibility index (Phi) is 3.47. The van der Waals surface area contributed by atoms with Crippen LogP contribution in [0.4, 0.5) is 0 Å². The predicted octanol–water partition coefficient (Wildman–Crippen LogP) is 1.05. The zero-order chi connectivity index (χ0) is 17.8. The molecule has 0 spiro atoms. The Morgan fingerprint density at radius 1 is 1.35 bits per heavy atom. The summed E-state index contributed by atoms with van der Waals surface area (Å²) in [6.07, 6.45) is 4.55. The van der Waals surface area contributed by atoms with Gasteiger partial charge in [0.1, 0.15) is 11.7 Å². The van der Waals surface area contributed by atoms with Gasteiger partial charge in [0.25, 0.3) is 11.5 Å². The van der Waals surface area contributed by atoms with E-state index in [0.29, 0.717) is 36.2 Å². The van der Waals surface area contributed by atoms with E-state index in [9.17, 15) is 14.7 Å². The first-order valence-corrected chi connectivity index (χ1v) is 9.48.